The van der Waals surface area contributed by atoms with Gasteiger partial charge in [-0.25, -0.2) is 0 Å². The number of aromatic nitrogens is 2. The normalized spacial score (nSPS) is 18.7. The molecule has 5 heteroatoms. The summed E-state index contributed by atoms with van der Waals surface area (Å²) in [4.78, 5) is 14.9. The summed E-state index contributed by atoms with van der Waals surface area (Å²) in [5, 5.41) is 7.19. The van der Waals surface area contributed by atoms with Crippen LogP contribution in [0.15, 0.2) is 24.3 Å². The summed E-state index contributed by atoms with van der Waals surface area (Å²) in [7, 11) is 1.70. The van der Waals surface area contributed by atoms with Crippen molar-refractivity contribution in [2.24, 2.45) is 0 Å². The first-order valence-electron chi connectivity index (χ1n) is 8.46. The highest BCUT2D eigenvalue weighted by atomic mass is 16.5. The number of methoxy groups -OCH3 is 1. The number of carbonyl (C=O) groups is 1. The third-order valence-corrected chi connectivity index (χ3v) is 5.07. The highest BCUT2D eigenvalue weighted by molar-refractivity contribution is 5.84. The van der Waals surface area contributed by atoms with E-state index in [-0.39, 0.29) is 11.8 Å². The molecule has 1 fully saturated rings. The number of amides is 1. The summed E-state index contributed by atoms with van der Waals surface area (Å²) in [5.74, 6) is 1.26. The second-order valence-electron chi connectivity index (χ2n) is 6.58. The lowest BCUT2D eigenvalue weighted by Crippen LogP contribution is -2.32. The van der Waals surface area contributed by atoms with Gasteiger partial charge in [-0.1, -0.05) is 18.2 Å². The molecule has 0 aliphatic carbocycles. The fourth-order valence-electron chi connectivity index (χ4n) is 3.81. The first-order chi connectivity index (χ1) is 11.5. The van der Waals surface area contributed by atoms with Gasteiger partial charge in [0.1, 0.15) is 5.75 Å². The molecule has 0 bridgehead atoms. The van der Waals surface area contributed by atoms with Crippen molar-refractivity contribution < 1.29 is 9.53 Å². The second-order valence-corrected chi connectivity index (χ2v) is 6.58. The van der Waals surface area contributed by atoms with E-state index in [9.17, 15) is 4.79 Å². The largest absolute Gasteiger partial charge is 0.496 e. The maximum atomic E-state index is 12.9. The van der Waals surface area contributed by atoms with Gasteiger partial charge in [-0.05, 0) is 38.8 Å². The Hall–Kier alpha value is -2.30. The smallest absolute Gasteiger partial charge is 0.229 e. The number of nitrogens with zero attached hydrogens (tertiary/aromatic N) is 2. The maximum absolute atomic E-state index is 12.9. The van der Waals surface area contributed by atoms with E-state index >= 15 is 0 Å². The molecule has 2 heterocycles. The zero-order valence-electron chi connectivity index (χ0n) is 14.8. The van der Waals surface area contributed by atoms with Crippen LogP contribution in [-0.2, 0) is 4.79 Å². The van der Waals surface area contributed by atoms with Gasteiger partial charge >= 0.3 is 0 Å². The highest BCUT2D eigenvalue weighted by Crippen LogP contribution is 2.35. The number of nitrogens with one attached hydrogen (secondary N) is 1. The number of H-pyrrole nitrogens is 1. The van der Waals surface area contributed by atoms with Gasteiger partial charge in [-0.3, -0.25) is 9.89 Å². The van der Waals surface area contributed by atoms with Crippen molar-refractivity contribution >= 4 is 5.91 Å². The first kappa shape index (κ1) is 16.6. The van der Waals surface area contributed by atoms with Crippen molar-refractivity contribution in [3.8, 4) is 5.75 Å². The van der Waals surface area contributed by atoms with Gasteiger partial charge in [-0.15, -0.1) is 0 Å². The Morgan fingerprint density at radius 2 is 2.12 bits per heavy atom. The molecule has 1 aliphatic heterocycles. The molecule has 1 amide bonds. The summed E-state index contributed by atoms with van der Waals surface area (Å²) in [6, 6.07) is 8.10. The van der Waals surface area contributed by atoms with Crippen molar-refractivity contribution in [2.75, 3.05) is 20.2 Å². The third kappa shape index (κ3) is 2.90. The Labute approximate surface area is 143 Å². The molecule has 5 nitrogen and oxygen atoms in total. The lowest BCUT2D eigenvalue weighted by Gasteiger charge is -2.22. The Morgan fingerprint density at radius 3 is 2.79 bits per heavy atom. The Kier molecular flexibility index (Phi) is 4.60. The summed E-state index contributed by atoms with van der Waals surface area (Å²) in [5.41, 5.74) is 4.11. The molecule has 24 heavy (non-hydrogen) atoms. The molecule has 2 atom stereocenters. The van der Waals surface area contributed by atoms with Gasteiger partial charge in [0.15, 0.2) is 0 Å². The number of aryl methyl sites for hydroxylation is 2. The molecule has 2 unspecified atom stereocenters. The van der Waals surface area contributed by atoms with Crippen LogP contribution in [0.5, 0.6) is 5.75 Å². The van der Waals surface area contributed by atoms with Gasteiger partial charge < -0.3 is 9.64 Å². The minimum absolute atomic E-state index is 0.167. The topological polar surface area (TPSA) is 58.2 Å². The maximum Gasteiger partial charge on any atom is 0.229 e. The number of aromatic amines is 1. The van der Waals surface area contributed by atoms with E-state index in [1.54, 1.807) is 7.11 Å². The number of para-hydroxylation sites is 1. The van der Waals surface area contributed by atoms with E-state index in [1.165, 1.54) is 5.56 Å². The molecule has 0 spiro atoms. The van der Waals surface area contributed by atoms with E-state index in [4.69, 9.17) is 4.74 Å². The van der Waals surface area contributed by atoms with Gasteiger partial charge in [0.2, 0.25) is 5.91 Å². The monoisotopic (exact) mass is 327 g/mol. The first-order valence-corrected chi connectivity index (χ1v) is 8.46. The van der Waals surface area contributed by atoms with Crippen LogP contribution in [0.2, 0.25) is 0 Å². The van der Waals surface area contributed by atoms with Gasteiger partial charge in [-0.2, -0.15) is 5.10 Å². The number of hydrogen-bond donors (Lipinski definition) is 1. The van der Waals surface area contributed by atoms with Crippen molar-refractivity contribution in [3.63, 3.8) is 0 Å². The molecular weight excluding hydrogens is 302 g/mol. The average molecular weight is 327 g/mol. The highest BCUT2D eigenvalue weighted by Gasteiger charge is 2.32. The zero-order valence-corrected chi connectivity index (χ0v) is 14.8. The van der Waals surface area contributed by atoms with Crippen LogP contribution in [-0.4, -0.2) is 41.2 Å². The molecule has 1 N–H and O–H groups in total. The Morgan fingerprint density at radius 1 is 1.38 bits per heavy atom. The zero-order chi connectivity index (χ0) is 17.3. The number of benzene rings is 1. The van der Waals surface area contributed by atoms with E-state index in [0.717, 1.165) is 42.2 Å². The number of likely N-dealkylation sites (tertiary alicyclic amines) is 1. The van der Waals surface area contributed by atoms with Crippen LogP contribution < -0.4 is 4.74 Å². The van der Waals surface area contributed by atoms with Crippen molar-refractivity contribution in [1.82, 2.24) is 15.1 Å². The Bertz CT molecular complexity index is 718. The lowest BCUT2D eigenvalue weighted by atomic mass is 9.96. The van der Waals surface area contributed by atoms with Crippen LogP contribution in [0.1, 0.15) is 47.7 Å². The van der Waals surface area contributed by atoms with Crippen LogP contribution in [0.4, 0.5) is 0 Å². The fraction of sp³-hybridized carbons (Fsp3) is 0.474. The molecule has 128 valence electrons. The summed E-state index contributed by atoms with van der Waals surface area (Å²) < 4.78 is 5.48. The minimum Gasteiger partial charge on any atom is -0.496 e. The van der Waals surface area contributed by atoms with Gasteiger partial charge in [0.05, 0.1) is 18.7 Å². The number of hydrogen-bond acceptors (Lipinski definition) is 3. The molecule has 1 aromatic heterocycles. The quantitative estimate of drug-likeness (QED) is 0.938. The predicted molar refractivity (Wildman–Crippen MR) is 93.4 cm³/mol. The van der Waals surface area contributed by atoms with E-state index in [0.29, 0.717) is 5.92 Å². The number of ether oxygens (including phenoxy) is 1. The van der Waals surface area contributed by atoms with Crippen molar-refractivity contribution in [1.29, 1.82) is 0 Å². The Balaban J connectivity index is 1.75. The van der Waals surface area contributed by atoms with E-state index in [2.05, 4.69) is 16.3 Å². The third-order valence-electron chi connectivity index (χ3n) is 5.07. The molecule has 3 rings (SSSR count). The SMILES string of the molecule is COc1ccccc1C1CCN(C(=O)C(C)c2c(C)n[nH]c2C)C1. The lowest BCUT2D eigenvalue weighted by molar-refractivity contribution is -0.131. The van der Waals surface area contributed by atoms with Gasteiger partial charge in [0, 0.05) is 30.3 Å². The average Bonchev–Trinajstić information content (AvgIpc) is 3.20. The molecule has 1 saturated heterocycles. The van der Waals surface area contributed by atoms with Crippen LogP contribution in [0.25, 0.3) is 0 Å². The molecule has 1 aromatic carbocycles. The standard InChI is InChI=1S/C19H25N3O2/c1-12(18-13(2)20-21-14(18)3)19(23)22-10-9-15(11-22)16-7-5-6-8-17(16)24-4/h5-8,12,15H,9-11H2,1-4H3,(H,20,21). The van der Waals surface area contributed by atoms with E-state index < -0.39 is 0 Å². The molecular formula is C19H25N3O2. The summed E-state index contributed by atoms with van der Waals surface area (Å²) in [6.07, 6.45) is 0.974. The second kappa shape index (κ2) is 6.67. The predicted octanol–water partition coefficient (Wildman–Crippen LogP) is 3.15. The molecule has 2 aromatic rings. The van der Waals surface area contributed by atoms with Crippen molar-refractivity contribution in [3.05, 3.63) is 46.8 Å². The number of carbonyl (C=O) groups excluding carboxylic acids is 1. The van der Waals surface area contributed by atoms with Crippen molar-refractivity contribution in [2.45, 2.75) is 39.0 Å². The van der Waals surface area contributed by atoms with Crippen LogP contribution in [0, 0.1) is 13.8 Å². The summed E-state index contributed by atoms with van der Waals surface area (Å²) in [6.45, 7) is 7.44. The number of rotatable bonds is 4. The minimum atomic E-state index is -0.167. The fourth-order valence-corrected chi connectivity index (χ4v) is 3.81. The molecule has 1 aliphatic rings. The summed E-state index contributed by atoms with van der Waals surface area (Å²) >= 11 is 0. The van der Waals surface area contributed by atoms with Crippen LogP contribution >= 0.6 is 0 Å². The molecule has 0 radical (unpaired) electrons. The van der Waals surface area contributed by atoms with E-state index in [1.807, 2.05) is 43.9 Å². The van der Waals surface area contributed by atoms with Crippen LogP contribution in [0.3, 0.4) is 0 Å². The molecule has 0 saturated carbocycles. The van der Waals surface area contributed by atoms with Gasteiger partial charge in [0.25, 0.3) is 0 Å².